The molecule has 2 fully saturated rings. The predicted octanol–water partition coefficient (Wildman–Crippen LogP) is 1.11. The minimum atomic E-state index is -1.83. The Labute approximate surface area is 618 Å². The van der Waals surface area contributed by atoms with E-state index < -0.39 is 203 Å². The highest BCUT2D eigenvalue weighted by atomic mass is 32.1. The highest BCUT2D eigenvalue weighted by molar-refractivity contribution is 7.80. The Kier molecular flexibility index (Phi) is 38.0. The van der Waals surface area contributed by atoms with Gasteiger partial charge in [-0.3, -0.25) is 62.3 Å². The van der Waals surface area contributed by atoms with E-state index in [4.69, 9.17) is 10.5 Å². The average Bonchev–Trinajstić information content (AvgIpc) is 1.48. The van der Waals surface area contributed by atoms with E-state index in [1.54, 1.807) is 113 Å². The molecule has 3 rings (SSSR count). The van der Waals surface area contributed by atoms with Crippen molar-refractivity contribution in [1.29, 1.82) is 0 Å². The van der Waals surface area contributed by atoms with Gasteiger partial charge in [-0.15, -0.1) is 0 Å². The van der Waals surface area contributed by atoms with Crippen LogP contribution in [0.4, 0.5) is 0 Å². The summed E-state index contributed by atoms with van der Waals surface area (Å²) in [6.45, 7) is 28.2. The van der Waals surface area contributed by atoms with Crippen LogP contribution in [-0.4, -0.2) is 196 Å². The Bertz CT molecular complexity index is 3130. The van der Waals surface area contributed by atoms with Crippen molar-refractivity contribution in [3.8, 4) is 0 Å². The highest BCUT2D eigenvalue weighted by Gasteiger charge is 2.44. The number of nitrogens with one attached hydrogen (secondary N) is 12. The summed E-state index contributed by atoms with van der Waals surface area (Å²) in [7, 11) is 0. The standard InChI is InChI=1S/C73H120N14O16S/c1-18-42(14)57(69(98)86-60-45(17)103-73(102)56(41(12)13)82-61(90)47(20-3)76-63(92)49(35-46-28-22-21-23-29-46)78-66(95)53(38(6)7)79-68(97)58(43(15)19-2)84-71(60)100)83-62(91)48(30-25-33-74)77-65(94)51-31-26-34-87(51)72(101)55(40(10)11)81-67(96)54(39(8)9)80-70(99)59(44(16)88)85-64(93)50(36-104)75-52(89)32-24-27-37(4)5/h20-23,28-29,37-45,48-51,53-60,88,104H,18-19,24-27,30-36,74H2,1-17H3,(H,75,89)(H,76,92)(H,77,94)(H,78,95)(H,79,97)(H,80,99)(H,81,96)(H,82,90)(H,83,91)(H,84,100)(H,85,93)(H,86,98)/t42-,43-,44+,45+,48-,49-,50-,51+,53+,54-,55+,56-,57+,58+,59-,60+/m0/s1. The molecule has 0 aromatic heterocycles. The van der Waals surface area contributed by atoms with Crippen LogP contribution in [0.15, 0.2) is 42.1 Å². The fraction of sp³-hybridized carbons (Fsp3) is 0.699. The largest absolute Gasteiger partial charge is 0.458 e. The second-order valence-electron chi connectivity index (χ2n) is 29.2. The molecule has 0 radical (unpaired) electrons. The summed E-state index contributed by atoms with van der Waals surface area (Å²) in [5, 5.41) is 42.8. The van der Waals surface area contributed by atoms with Crippen LogP contribution in [0, 0.1) is 41.4 Å². The molecule has 2 aliphatic rings. The van der Waals surface area contributed by atoms with E-state index in [0.29, 0.717) is 30.7 Å². The zero-order chi connectivity index (χ0) is 78.6. The van der Waals surface area contributed by atoms with Crippen molar-refractivity contribution < 1.29 is 77.0 Å². The quantitative estimate of drug-likeness (QED) is 0.0266. The lowest BCUT2D eigenvalue weighted by atomic mass is 9.95. The number of nitrogens with two attached hydrogens (primary N) is 1. The van der Waals surface area contributed by atoms with Gasteiger partial charge < -0.3 is 84.3 Å². The number of thiol groups is 1. The number of hydrogen-bond acceptors (Lipinski definition) is 18. The van der Waals surface area contributed by atoms with E-state index in [2.05, 4.69) is 76.4 Å². The lowest BCUT2D eigenvalue weighted by molar-refractivity contribution is -0.157. The molecule has 1 aromatic rings. The molecular weight excluding hydrogens is 1360 g/mol. The fourth-order valence-corrected chi connectivity index (χ4v) is 12.1. The normalized spacial score (nSPS) is 22.6. The Hall–Kier alpha value is -8.19. The van der Waals surface area contributed by atoms with Crippen LogP contribution in [-0.2, 0) is 78.3 Å². The summed E-state index contributed by atoms with van der Waals surface area (Å²) in [5.41, 5.74) is 6.33. The molecule has 584 valence electrons. The molecule has 0 unspecified atom stereocenters. The minimum Gasteiger partial charge on any atom is -0.458 e. The third-order valence-corrected chi connectivity index (χ3v) is 19.2. The van der Waals surface area contributed by atoms with Crippen molar-refractivity contribution in [2.45, 2.75) is 267 Å². The minimum absolute atomic E-state index is 0.0362. The number of cyclic esters (lactones) is 1. The SMILES string of the molecule is CC=C1NC(=O)[C@H](Cc2ccccc2)NC(=O)[C@@H](C(C)C)NC(=O)[C@@H]([C@@H](C)CC)NC(=O)[C@H](NC(=O)[C@H](NC(=O)[C@H](CCCN)NC(=O)[C@H]2CCCN2C(=O)[C@H](NC(=O)[C@@H](NC(=O)[C@@H](NC(=O)[C@H](CS)NC(=O)CCCC(C)C)[C@@H](C)O)C(C)C)C(C)C)[C@@H](C)CC)[C@@H](C)OC(=O)[C@H](C(C)C)NC1=O. The number of esters is 1. The second kappa shape index (κ2) is 43.9. The molecule has 30 nitrogen and oxygen atoms in total. The van der Waals surface area contributed by atoms with Crippen molar-refractivity contribution >= 4 is 95.4 Å². The first-order chi connectivity index (χ1) is 48.9. The number of nitrogens with zero attached hydrogens (tertiary/aromatic N) is 1. The van der Waals surface area contributed by atoms with E-state index in [9.17, 15) is 62.6 Å². The maximum absolute atomic E-state index is 15.0. The van der Waals surface area contributed by atoms with E-state index in [-0.39, 0.29) is 63.1 Å². The lowest BCUT2D eigenvalue weighted by Gasteiger charge is -2.33. The molecule has 0 bridgehead atoms. The molecule has 104 heavy (non-hydrogen) atoms. The van der Waals surface area contributed by atoms with Gasteiger partial charge in [-0.1, -0.05) is 153 Å². The summed E-state index contributed by atoms with van der Waals surface area (Å²) in [6.07, 6.45) is 0.927. The number of benzene rings is 1. The number of ether oxygens (including phenoxy) is 1. The first kappa shape index (κ1) is 90.0. The van der Waals surface area contributed by atoms with Gasteiger partial charge >= 0.3 is 5.97 Å². The van der Waals surface area contributed by atoms with Gasteiger partial charge in [0.15, 0.2) is 0 Å². The van der Waals surface area contributed by atoms with Gasteiger partial charge in [-0.2, -0.15) is 12.6 Å². The summed E-state index contributed by atoms with van der Waals surface area (Å²) < 4.78 is 5.96. The molecule has 13 amide bonds. The number of aliphatic hydroxyl groups excluding tert-OH is 1. The number of hydrogen-bond donors (Lipinski definition) is 15. The predicted molar refractivity (Wildman–Crippen MR) is 394 cm³/mol. The number of carbonyl (C=O) groups excluding carboxylic acids is 14. The van der Waals surface area contributed by atoms with Crippen LogP contribution in [0.5, 0.6) is 0 Å². The van der Waals surface area contributed by atoms with Crippen LogP contribution < -0.4 is 69.5 Å². The Balaban J connectivity index is 1.99. The Morgan fingerprint density at radius 2 is 1.21 bits per heavy atom. The number of carbonyl (C=O) groups is 14. The van der Waals surface area contributed by atoms with Gasteiger partial charge in [0.25, 0.3) is 5.91 Å². The molecule has 2 saturated heterocycles. The van der Waals surface area contributed by atoms with Crippen molar-refractivity contribution in [3.63, 3.8) is 0 Å². The Morgan fingerprint density at radius 3 is 1.76 bits per heavy atom. The summed E-state index contributed by atoms with van der Waals surface area (Å²) in [4.78, 5) is 201. The van der Waals surface area contributed by atoms with E-state index >= 15 is 9.59 Å². The zero-order valence-corrected chi connectivity index (χ0v) is 64.7. The van der Waals surface area contributed by atoms with Gasteiger partial charge in [-0.25, -0.2) is 4.79 Å². The number of aliphatic hydroxyl groups is 1. The van der Waals surface area contributed by atoms with Crippen LogP contribution >= 0.6 is 12.6 Å². The van der Waals surface area contributed by atoms with Crippen LogP contribution in [0.3, 0.4) is 0 Å². The number of likely N-dealkylation sites (tertiary alicyclic amines) is 1. The smallest absolute Gasteiger partial charge is 0.329 e. The molecule has 2 aliphatic heterocycles. The van der Waals surface area contributed by atoms with Crippen LogP contribution in [0.2, 0.25) is 0 Å². The van der Waals surface area contributed by atoms with Gasteiger partial charge in [-0.05, 0) is 106 Å². The third-order valence-electron chi connectivity index (χ3n) is 18.8. The molecule has 2 heterocycles. The molecule has 16 atom stereocenters. The lowest BCUT2D eigenvalue weighted by Crippen LogP contribution is -2.64. The molecule has 0 spiro atoms. The molecule has 15 N–H and O–H groups in total. The van der Waals surface area contributed by atoms with Crippen molar-refractivity contribution in [2.24, 2.45) is 47.2 Å². The molecule has 0 aliphatic carbocycles. The fourth-order valence-electron chi connectivity index (χ4n) is 11.8. The number of amides is 13. The molecule has 1 aromatic carbocycles. The van der Waals surface area contributed by atoms with Gasteiger partial charge in [0.1, 0.15) is 84.3 Å². The van der Waals surface area contributed by atoms with Crippen LogP contribution in [0.25, 0.3) is 0 Å². The van der Waals surface area contributed by atoms with Crippen LogP contribution in [0.1, 0.15) is 181 Å². The first-order valence-electron chi connectivity index (χ1n) is 36.7. The maximum Gasteiger partial charge on any atom is 0.329 e. The number of allylic oxidation sites excluding steroid dienone is 1. The number of rotatable bonds is 33. The van der Waals surface area contributed by atoms with Crippen molar-refractivity contribution in [3.05, 3.63) is 47.7 Å². The summed E-state index contributed by atoms with van der Waals surface area (Å²) in [6, 6.07) is -7.83. The Morgan fingerprint density at radius 1 is 0.644 bits per heavy atom. The first-order valence-corrected chi connectivity index (χ1v) is 37.4. The monoisotopic (exact) mass is 1480 g/mol. The van der Waals surface area contributed by atoms with E-state index in [1.165, 1.54) is 31.7 Å². The maximum atomic E-state index is 15.0. The van der Waals surface area contributed by atoms with Crippen molar-refractivity contribution in [1.82, 2.24) is 68.7 Å². The average molecular weight is 1480 g/mol. The topological polar surface area (TPSA) is 442 Å². The molecular formula is C73H120N14O16S. The van der Waals surface area contributed by atoms with Gasteiger partial charge in [0.2, 0.25) is 70.9 Å². The third kappa shape index (κ3) is 27.4. The molecule has 0 saturated carbocycles. The van der Waals surface area contributed by atoms with E-state index in [1.807, 2.05) is 13.8 Å². The van der Waals surface area contributed by atoms with Gasteiger partial charge in [0, 0.05) is 25.1 Å². The molecule has 31 heteroatoms. The van der Waals surface area contributed by atoms with Crippen molar-refractivity contribution in [2.75, 3.05) is 18.8 Å². The van der Waals surface area contributed by atoms with Gasteiger partial charge in [0.05, 0.1) is 6.10 Å². The summed E-state index contributed by atoms with van der Waals surface area (Å²) in [5.74, 6) is -15.0. The zero-order valence-electron chi connectivity index (χ0n) is 63.8. The summed E-state index contributed by atoms with van der Waals surface area (Å²) >= 11 is 4.22. The highest BCUT2D eigenvalue weighted by Crippen LogP contribution is 2.23. The van der Waals surface area contributed by atoms with E-state index in [0.717, 1.165) is 6.42 Å². The second-order valence-corrected chi connectivity index (χ2v) is 29.6.